The molecule has 24 heavy (non-hydrogen) atoms. The Morgan fingerprint density at radius 1 is 0.917 bits per heavy atom. The number of ether oxygens (including phenoxy) is 3. The van der Waals surface area contributed by atoms with Crippen LogP contribution in [0, 0.1) is 5.92 Å². The van der Waals surface area contributed by atoms with Crippen molar-refractivity contribution in [1.82, 2.24) is 9.97 Å². The number of aromatic nitrogens is 2. The van der Waals surface area contributed by atoms with Crippen LogP contribution in [0.1, 0.15) is 13.8 Å². The minimum atomic E-state index is 0.534. The van der Waals surface area contributed by atoms with Crippen LogP contribution in [0.2, 0.25) is 0 Å². The molecule has 7 heteroatoms. The van der Waals surface area contributed by atoms with Crippen molar-refractivity contribution in [2.45, 2.75) is 13.8 Å². The van der Waals surface area contributed by atoms with Gasteiger partial charge >= 0.3 is 0 Å². The highest BCUT2D eigenvalue weighted by Gasteiger charge is 2.13. The largest absolute Gasteiger partial charge is 0.493 e. The second-order valence-electron chi connectivity index (χ2n) is 5.60. The van der Waals surface area contributed by atoms with Crippen molar-refractivity contribution in [1.29, 1.82) is 0 Å². The zero-order chi connectivity index (χ0) is 17.5. The lowest BCUT2D eigenvalue weighted by Gasteiger charge is -2.15. The third-order valence-corrected chi connectivity index (χ3v) is 3.30. The van der Waals surface area contributed by atoms with E-state index < -0.39 is 0 Å². The molecule has 0 aliphatic carbocycles. The molecule has 1 heterocycles. The smallest absolute Gasteiger partial charge is 0.203 e. The summed E-state index contributed by atoms with van der Waals surface area (Å²) in [5, 5.41) is 6.50. The lowest BCUT2D eigenvalue weighted by molar-refractivity contribution is 0.324. The molecule has 130 valence electrons. The zero-order valence-corrected chi connectivity index (χ0v) is 14.7. The number of hydrogen-bond acceptors (Lipinski definition) is 7. The highest BCUT2D eigenvalue weighted by molar-refractivity contribution is 5.67. The number of nitrogens with zero attached hydrogens (tertiary/aromatic N) is 2. The normalized spacial score (nSPS) is 10.4. The van der Waals surface area contributed by atoms with Gasteiger partial charge < -0.3 is 24.8 Å². The van der Waals surface area contributed by atoms with Gasteiger partial charge in [-0.15, -0.1) is 0 Å². The van der Waals surface area contributed by atoms with Crippen LogP contribution in [0.4, 0.5) is 17.3 Å². The van der Waals surface area contributed by atoms with Crippen molar-refractivity contribution in [3.8, 4) is 17.2 Å². The molecule has 0 radical (unpaired) electrons. The SMILES string of the molecule is COc1cc(Nc2cc(NCC(C)C)ncn2)cc(OC)c1OC. The molecular formula is C17H24N4O3. The van der Waals surface area contributed by atoms with E-state index in [1.165, 1.54) is 6.33 Å². The van der Waals surface area contributed by atoms with Crippen LogP contribution >= 0.6 is 0 Å². The van der Waals surface area contributed by atoms with Crippen LogP contribution < -0.4 is 24.8 Å². The maximum absolute atomic E-state index is 5.36. The first-order chi connectivity index (χ1) is 11.6. The summed E-state index contributed by atoms with van der Waals surface area (Å²) >= 11 is 0. The van der Waals surface area contributed by atoms with Crippen molar-refractivity contribution in [3.05, 3.63) is 24.5 Å². The Hall–Kier alpha value is -2.70. The monoisotopic (exact) mass is 332 g/mol. The zero-order valence-electron chi connectivity index (χ0n) is 14.7. The van der Waals surface area contributed by atoms with Gasteiger partial charge in [0.1, 0.15) is 18.0 Å². The molecule has 2 rings (SSSR count). The van der Waals surface area contributed by atoms with Gasteiger partial charge in [0.05, 0.1) is 21.3 Å². The summed E-state index contributed by atoms with van der Waals surface area (Å²) in [7, 11) is 4.74. The highest BCUT2D eigenvalue weighted by atomic mass is 16.5. The Bertz CT molecular complexity index is 652. The molecule has 0 saturated heterocycles. The summed E-state index contributed by atoms with van der Waals surface area (Å²) in [4.78, 5) is 8.46. The van der Waals surface area contributed by atoms with Gasteiger partial charge in [0.15, 0.2) is 11.5 Å². The van der Waals surface area contributed by atoms with Crippen molar-refractivity contribution in [3.63, 3.8) is 0 Å². The first-order valence-electron chi connectivity index (χ1n) is 7.70. The van der Waals surface area contributed by atoms with Gasteiger partial charge in [0, 0.05) is 30.4 Å². The number of anilines is 3. The molecule has 2 aromatic rings. The Morgan fingerprint density at radius 2 is 1.54 bits per heavy atom. The van der Waals surface area contributed by atoms with Gasteiger partial charge in [-0.3, -0.25) is 0 Å². The summed E-state index contributed by atoms with van der Waals surface area (Å²) in [5.41, 5.74) is 0.776. The summed E-state index contributed by atoms with van der Waals surface area (Å²) in [6.45, 7) is 5.13. The number of benzene rings is 1. The quantitative estimate of drug-likeness (QED) is 0.768. The van der Waals surface area contributed by atoms with Crippen LogP contribution in [0.5, 0.6) is 17.2 Å². The lowest BCUT2D eigenvalue weighted by atomic mass is 10.2. The lowest BCUT2D eigenvalue weighted by Crippen LogP contribution is -2.09. The third-order valence-electron chi connectivity index (χ3n) is 3.30. The number of hydrogen-bond donors (Lipinski definition) is 2. The van der Waals surface area contributed by atoms with E-state index in [9.17, 15) is 0 Å². The predicted molar refractivity (Wildman–Crippen MR) is 94.7 cm³/mol. The van der Waals surface area contributed by atoms with Crippen molar-refractivity contribution in [2.24, 2.45) is 5.92 Å². The summed E-state index contributed by atoms with van der Waals surface area (Å²) in [6.07, 6.45) is 1.52. The van der Waals surface area contributed by atoms with E-state index in [0.717, 1.165) is 18.1 Å². The van der Waals surface area contributed by atoms with E-state index in [0.29, 0.717) is 29.0 Å². The molecular weight excluding hydrogens is 308 g/mol. The van der Waals surface area contributed by atoms with Crippen LogP contribution in [0.3, 0.4) is 0 Å². The Balaban J connectivity index is 2.23. The number of rotatable bonds is 8. The number of nitrogens with one attached hydrogen (secondary N) is 2. The van der Waals surface area contributed by atoms with Gasteiger partial charge in [0.25, 0.3) is 0 Å². The molecule has 1 aromatic carbocycles. The molecule has 7 nitrogen and oxygen atoms in total. The summed E-state index contributed by atoms with van der Waals surface area (Å²) in [5.74, 6) is 3.68. The first-order valence-corrected chi connectivity index (χ1v) is 7.70. The van der Waals surface area contributed by atoms with E-state index in [1.807, 2.05) is 18.2 Å². The molecule has 0 saturated carbocycles. The first kappa shape index (κ1) is 17.7. The average Bonchev–Trinajstić information content (AvgIpc) is 2.59. The molecule has 0 unspecified atom stereocenters. The molecule has 0 aliphatic heterocycles. The predicted octanol–water partition coefficient (Wildman–Crippen LogP) is 3.31. The van der Waals surface area contributed by atoms with Gasteiger partial charge in [-0.25, -0.2) is 9.97 Å². The fourth-order valence-electron chi connectivity index (χ4n) is 2.13. The van der Waals surface area contributed by atoms with E-state index in [-0.39, 0.29) is 0 Å². The van der Waals surface area contributed by atoms with Crippen molar-refractivity contribution in [2.75, 3.05) is 38.5 Å². The number of methoxy groups -OCH3 is 3. The van der Waals surface area contributed by atoms with E-state index in [4.69, 9.17) is 14.2 Å². The second-order valence-corrected chi connectivity index (χ2v) is 5.60. The molecule has 0 aliphatic rings. The van der Waals surface area contributed by atoms with Crippen LogP contribution in [-0.4, -0.2) is 37.8 Å². The fourth-order valence-corrected chi connectivity index (χ4v) is 2.13. The minimum Gasteiger partial charge on any atom is -0.493 e. The molecule has 0 bridgehead atoms. The average molecular weight is 332 g/mol. The topological polar surface area (TPSA) is 77.5 Å². The maximum Gasteiger partial charge on any atom is 0.203 e. The molecule has 0 atom stereocenters. The summed E-state index contributed by atoms with van der Waals surface area (Å²) < 4.78 is 16.0. The maximum atomic E-state index is 5.36. The highest BCUT2D eigenvalue weighted by Crippen LogP contribution is 2.40. The van der Waals surface area contributed by atoms with Gasteiger partial charge in [-0.1, -0.05) is 13.8 Å². The second kappa shape index (κ2) is 8.24. The van der Waals surface area contributed by atoms with Crippen molar-refractivity contribution >= 4 is 17.3 Å². The fraction of sp³-hybridized carbons (Fsp3) is 0.412. The minimum absolute atomic E-state index is 0.534. The Morgan fingerprint density at radius 3 is 2.08 bits per heavy atom. The van der Waals surface area contributed by atoms with Crippen LogP contribution in [-0.2, 0) is 0 Å². The summed E-state index contributed by atoms with van der Waals surface area (Å²) in [6, 6.07) is 5.50. The van der Waals surface area contributed by atoms with Crippen molar-refractivity contribution < 1.29 is 14.2 Å². The van der Waals surface area contributed by atoms with E-state index in [1.54, 1.807) is 21.3 Å². The van der Waals surface area contributed by atoms with Gasteiger partial charge in [-0.05, 0) is 5.92 Å². The van der Waals surface area contributed by atoms with Crippen LogP contribution in [0.15, 0.2) is 24.5 Å². The van der Waals surface area contributed by atoms with Gasteiger partial charge in [0.2, 0.25) is 5.75 Å². The Labute approximate surface area is 142 Å². The van der Waals surface area contributed by atoms with Crippen LogP contribution in [0.25, 0.3) is 0 Å². The third kappa shape index (κ3) is 4.41. The molecule has 0 spiro atoms. The molecule has 1 aromatic heterocycles. The standard InChI is InChI=1S/C17H24N4O3/c1-11(2)9-18-15-8-16(20-10-19-15)21-12-6-13(22-3)17(24-5)14(7-12)23-4/h6-8,10-11H,9H2,1-5H3,(H2,18,19,20,21). The molecule has 0 fully saturated rings. The van der Waals surface area contributed by atoms with E-state index >= 15 is 0 Å². The Kier molecular flexibility index (Phi) is 6.06. The molecule has 0 amide bonds. The van der Waals surface area contributed by atoms with Gasteiger partial charge in [-0.2, -0.15) is 0 Å². The molecule has 2 N–H and O–H groups in total. The van der Waals surface area contributed by atoms with E-state index in [2.05, 4.69) is 34.4 Å².